The zero-order chi connectivity index (χ0) is 18.3. The summed E-state index contributed by atoms with van der Waals surface area (Å²) in [6.07, 6.45) is -0.389. The fourth-order valence-electron chi connectivity index (χ4n) is 2.00. The van der Waals surface area contributed by atoms with Gasteiger partial charge >= 0.3 is 29.6 Å². The SMILES string of the molecule is [2H]c1c([2H])c(C(=O)c2c(C)cc(CC(=O)[O-])n2C)c([2H])c([2H])c1Cl.[Na+]. The summed E-state index contributed by atoms with van der Waals surface area (Å²) in [5.74, 6) is -2.03. The van der Waals surface area contributed by atoms with Crippen molar-refractivity contribution in [3.8, 4) is 0 Å². The number of hydrogen-bond acceptors (Lipinski definition) is 3. The molecule has 2 rings (SSSR count). The molecule has 0 aliphatic rings. The first-order valence-electron chi connectivity index (χ1n) is 7.73. The molecule has 4 nitrogen and oxygen atoms in total. The maximum Gasteiger partial charge on any atom is 1.00 e. The molecule has 0 radical (unpaired) electrons. The van der Waals surface area contributed by atoms with Gasteiger partial charge in [0.05, 0.1) is 11.2 Å². The van der Waals surface area contributed by atoms with Crippen LogP contribution in [0.25, 0.3) is 0 Å². The molecule has 0 atom stereocenters. The van der Waals surface area contributed by atoms with Crippen LogP contribution in [0.1, 0.15) is 32.8 Å². The van der Waals surface area contributed by atoms with Gasteiger partial charge in [0.1, 0.15) is 0 Å². The van der Waals surface area contributed by atoms with Crippen LogP contribution in [-0.4, -0.2) is 16.3 Å². The van der Waals surface area contributed by atoms with Crippen LogP contribution in [0.4, 0.5) is 0 Å². The van der Waals surface area contributed by atoms with Gasteiger partial charge in [-0.25, -0.2) is 0 Å². The molecule has 0 aliphatic heterocycles. The molecule has 0 bridgehead atoms. The minimum atomic E-state index is -1.30. The molecule has 1 aromatic carbocycles. The van der Waals surface area contributed by atoms with Crippen molar-refractivity contribution in [3.63, 3.8) is 0 Å². The van der Waals surface area contributed by atoms with Gasteiger partial charge in [-0.1, -0.05) is 11.6 Å². The summed E-state index contributed by atoms with van der Waals surface area (Å²) >= 11 is 5.73. The van der Waals surface area contributed by atoms with Gasteiger partial charge in [-0.05, 0) is 42.7 Å². The Bertz CT molecular complexity index is 853. The summed E-state index contributed by atoms with van der Waals surface area (Å²) in [6.45, 7) is 1.60. The number of benzene rings is 1. The van der Waals surface area contributed by atoms with Crippen LogP contribution >= 0.6 is 11.6 Å². The molecule has 2 aromatic rings. The van der Waals surface area contributed by atoms with E-state index >= 15 is 0 Å². The molecule has 0 N–H and O–H groups in total. The fourth-order valence-corrected chi connectivity index (χ4v) is 2.10. The third-order valence-corrected chi connectivity index (χ3v) is 3.07. The van der Waals surface area contributed by atoms with E-state index in [1.54, 1.807) is 6.92 Å². The van der Waals surface area contributed by atoms with E-state index in [2.05, 4.69) is 0 Å². The van der Waals surface area contributed by atoms with Crippen LogP contribution in [0.3, 0.4) is 0 Å². The van der Waals surface area contributed by atoms with Gasteiger partial charge in [-0.2, -0.15) is 0 Å². The number of carboxylic acid groups (broad SMARTS) is 1. The third kappa shape index (κ3) is 3.98. The number of nitrogens with zero attached hydrogens (tertiary/aromatic N) is 1. The summed E-state index contributed by atoms with van der Waals surface area (Å²) < 4.78 is 32.6. The van der Waals surface area contributed by atoms with Crippen molar-refractivity contribution in [1.82, 2.24) is 4.57 Å². The Kier molecular flexibility index (Phi) is 4.32. The maximum atomic E-state index is 12.8. The number of carboxylic acids is 1. The van der Waals surface area contributed by atoms with Gasteiger partial charge in [0.25, 0.3) is 0 Å². The second kappa shape index (κ2) is 7.27. The smallest absolute Gasteiger partial charge is 0.550 e. The normalized spacial score (nSPS) is 12.7. The Balaban J connectivity index is 0.00000312. The fraction of sp³-hybridized carbons (Fsp3) is 0.200. The summed E-state index contributed by atoms with van der Waals surface area (Å²) in [6, 6.07) is -0.554. The molecule has 0 fully saturated rings. The Morgan fingerprint density at radius 3 is 2.43 bits per heavy atom. The molecule has 0 spiro atoms. The van der Waals surface area contributed by atoms with Gasteiger partial charge in [-0.3, -0.25) is 4.79 Å². The second-order valence-corrected chi connectivity index (χ2v) is 4.67. The Morgan fingerprint density at radius 1 is 1.33 bits per heavy atom. The number of aliphatic carboxylic acids is 1. The monoisotopic (exact) mass is 317 g/mol. The molecular weight excluding hydrogens is 301 g/mol. The topological polar surface area (TPSA) is 62.1 Å². The van der Waals surface area contributed by atoms with Gasteiger partial charge in [0, 0.05) is 35.7 Å². The number of aryl methyl sites for hydroxylation is 1. The number of aromatic nitrogens is 1. The van der Waals surface area contributed by atoms with Crippen molar-refractivity contribution < 1.29 is 49.7 Å². The van der Waals surface area contributed by atoms with Crippen LogP contribution in [0, 0.1) is 6.92 Å². The van der Waals surface area contributed by atoms with Crippen molar-refractivity contribution in [2.24, 2.45) is 7.05 Å². The van der Waals surface area contributed by atoms with Gasteiger partial charge in [-0.15, -0.1) is 0 Å². The number of rotatable bonds is 4. The quantitative estimate of drug-likeness (QED) is 0.510. The first-order chi connectivity index (χ1) is 11.1. The average Bonchev–Trinajstić information content (AvgIpc) is 2.76. The van der Waals surface area contributed by atoms with Crippen molar-refractivity contribution in [2.75, 3.05) is 0 Å². The molecule has 0 aliphatic carbocycles. The predicted octanol–water partition coefficient (Wildman–Crippen LogP) is -1.49. The van der Waals surface area contributed by atoms with Crippen LogP contribution in [0.5, 0.6) is 0 Å². The third-order valence-electron chi connectivity index (χ3n) is 2.88. The van der Waals surface area contributed by atoms with E-state index in [-0.39, 0.29) is 46.7 Å². The number of carbonyl (C=O) groups is 2. The second-order valence-electron chi connectivity index (χ2n) is 4.29. The van der Waals surface area contributed by atoms with E-state index < -0.39 is 41.5 Å². The predicted molar refractivity (Wildman–Crippen MR) is 73.7 cm³/mol. The zero-order valence-corrected chi connectivity index (χ0v) is 14.6. The molecule has 6 heteroatoms. The molecular formula is C15H13ClNNaO3. The molecule has 0 amide bonds. The first kappa shape index (κ1) is 12.5. The van der Waals surface area contributed by atoms with Gasteiger partial charge in [0.2, 0.25) is 5.78 Å². The van der Waals surface area contributed by atoms with E-state index in [9.17, 15) is 14.7 Å². The molecule has 1 aromatic heterocycles. The minimum absolute atomic E-state index is 0. The summed E-state index contributed by atoms with van der Waals surface area (Å²) in [4.78, 5) is 23.6. The molecule has 0 saturated heterocycles. The minimum Gasteiger partial charge on any atom is -0.550 e. The van der Waals surface area contributed by atoms with Crippen molar-refractivity contribution >= 4 is 23.4 Å². The number of carbonyl (C=O) groups excluding carboxylic acids is 2. The van der Waals surface area contributed by atoms with Gasteiger partial charge < -0.3 is 14.5 Å². The van der Waals surface area contributed by atoms with Crippen molar-refractivity contribution in [1.29, 1.82) is 0 Å². The van der Waals surface area contributed by atoms with Crippen molar-refractivity contribution in [3.05, 3.63) is 57.8 Å². The van der Waals surface area contributed by atoms with Crippen molar-refractivity contribution in [2.45, 2.75) is 13.3 Å². The van der Waals surface area contributed by atoms with E-state index in [1.807, 2.05) is 0 Å². The first-order valence-corrected chi connectivity index (χ1v) is 6.11. The largest absolute Gasteiger partial charge is 1.00 e. The van der Waals surface area contributed by atoms with E-state index in [4.69, 9.17) is 17.1 Å². The number of ketones is 1. The van der Waals surface area contributed by atoms with Crippen LogP contribution in [0.2, 0.25) is 5.02 Å². The molecule has 104 valence electrons. The Hall–Kier alpha value is -1.07. The standard InChI is InChI=1S/C15H14ClNO3.Na/c1-9-7-12(8-13(18)19)17(2)14(9)15(20)10-3-5-11(16)6-4-10;/h3-7H,8H2,1-2H3,(H,18,19);/q;+1/p-1/i3D,4D,5D,6D;. The van der Waals surface area contributed by atoms with Gasteiger partial charge in [0.15, 0.2) is 0 Å². The molecule has 0 saturated carbocycles. The molecule has 1 heterocycles. The van der Waals surface area contributed by atoms with E-state index in [1.165, 1.54) is 17.7 Å². The van der Waals surface area contributed by atoms with Crippen LogP contribution in [0.15, 0.2) is 30.2 Å². The van der Waals surface area contributed by atoms with E-state index in [0.717, 1.165) is 0 Å². The average molecular weight is 318 g/mol. The Morgan fingerprint density at radius 2 is 1.90 bits per heavy atom. The number of hydrogen-bond donors (Lipinski definition) is 0. The summed E-state index contributed by atoms with van der Waals surface area (Å²) in [5.41, 5.74) is 0.485. The summed E-state index contributed by atoms with van der Waals surface area (Å²) in [5, 5.41) is 10.4. The number of halogens is 1. The van der Waals surface area contributed by atoms with Crippen LogP contribution < -0.4 is 34.7 Å². The summed E-state index contributed by atoms with van der Waals surface area (Å²) in [7, 11) is 1.49. The Labute approximate surface area is 155 Å². The maximum absolute atomic E-state index is 12.8. The zero-order valence-electron chi connectivity index (χ0n) is 15.8. The van der Waals surface area contributed by atoms with Crippen LogP contribution in [-0.2, 0) is 18.3 Å². The molecule has 0 unspecified atom stereocenters. The molecule has 21 heavy (non-hydrogen) atoms. The van der Waals surface area contributed by atoms with E-state index in [0.29, 0.717) is 11.3 Å².